The molecule has 0 aromatic heterocycles. The molecule has 0 unspecified atom stereocenters. The van der Waals surface area contributed by atoms with Crippen LogP contribution in [0.4, 0.5) is 0 Å². The van der Waals surface area contributed by atoms with Gasteiger partial charge >= 0.3 is 5.97 Å². The van der Waals surface area contributed by atoms with Crippen LogP contribution in [0.3, 0.4) is 0 Å². The fraction of sp³-hybridized carbons (Fsp3) is 0.417. The number of likely N-dealkylation sites (tertiary alicyclic amines) is 1. The minimum absolute atomic E-state index is 0.0638. The lowest BCUT2D eigenvalue weighted by molar-refractivity contribution is -0.138. The van der Waals surface area contributed by atoms with Gasteiger partial charge in [0.1, 0.15) is 18.0 Å². The van der Waals surface area contributed by atoms with Crippen molar-refractivity contribution < 1.29 is 19.7 Å². The SMILES string of the molecule is O=C(O)CN1C[C@@H](O)[C@H](Oc2ccccc2)C1. The first-order valence-corrected chi connectivity index (χ1v) is 5.49. The van der Waals surface area contributed by atoms with E-state index in [9.17, 15) is 9.90 Å². The Hall–Kier alpha value is -1.59. The zero-order valence-electron chi connectivity index (χ0n) is 9.32. The number of aliphatic hydroxyl groups is 1. The van der Waals surface area contributed by atoms with Gasteiger partial charge in [-0.3, -0.25) is 9.69 Å². The van der Waals surface area contributed by atoms with Crippen molar-refractivity contribution in [3.8, 4) is 5.75 Å². The highest BCUT2D eigenvalue weighted by Crippen LogP contribution is 2.18. The molecule has 1 heterocycles. The molecule has 17 heavy (non-hydrogen) atoms. The molecule has 0 radical (unpaired) electrons. The van der Waals surface area contributed by atoms with Gasteiger partial charge in [-0.2, -0.15) is 0 Å². The number of aliphatic carboxylic acids is 1. The summed E-state index contributed by atoms with van der Waals surface area (Å²) in [4.78, 5) is 12.2. The lowest BCUT2D eigenvalue weighted by Gasteiger charge is -2.16. The summed E-state index contributed by atoms with van der Waals surface area (Å²) >= 11 is 0. The monoisotopic (exact) mass is 237 g/mol. The lowest BCUT2D eigenvalue weighted by atomic mass is 10.2. The minimum atomic E-state index is -0.891. The van der Waals surface area contributed by atoms with E-state index >= 15 is 0 Å². The molecule has 2 rings (SSSR count). The zero-order valence-corrected chi connectivity index (χ0v) is 9.32. The summed E-state index contributed by atoms with van der Waals surface area (Å²) in [5.74, 6) is -0.203. The first-order valence-electron chi connectivity index (χ1n) is 5.49. The number of carbonyl (C=O) groups is 1. The van der Waals surface area contributed by atoms with Gasteiger partial charge < -0.3 is 14.9 Å². The van der Waals surface area contributed by atoms with Gasteiger partial charge in [-0.05, 0) is 12.1 Å². The molecule has 0 amide bonds. The number of aliphatic hydroxyl groups excluding tert-OH is 1. The number of carboxylic acid groups (broad SMARTS) is 1. The highest BCUT2D eigenvalue weighted by atomic mass is 16.5. The Labute approximate surface area is 99.2 Å². The van der Waals surface area contributed by atoms with Gasteiger partial charge in [0.15, 0.2) is 0 Å². The number of carboxylic acids is 1. The second-order valence-corrected chi connectivity index (χ2v) is 4.12. The van der Waals surface area contributed by atoms with Crippen molar-refractivity contribution in [3.63, 3.8) is 0 Å². The van der Waals surface area contributed by atoms with Crippen molar-refractivity contribution in [1.82, 2.24) is 4.90 Å². The molecule has 0 spiro atoms. The number of β-amino-alcohol motifs (C(OH)–C–C–N with tert-alkyl or cyclic N) is 1. The van der Waals surface area contributed by atoms with Crippen LogP contribution in [0.15, 0.2) is 30.3 Å². The second-order valence-electron chi connectivity index (χ2n) is 4.12. The maximum absolute atomic E-state index is 10.6. The van der Waals surface area contributed by atoms with E-state index in [0.29, 0.717) is 18.8 Å². The molecule has 1 aromatic rings. The third-order valence-electron chi connectivity index (χ3n) is 2.70. The largest absolute Gasteiger partial charge is 0.486 e. The summed E-state index contributed by atoms with van der Waals surface area (Å²) in [7, 11) is 0. The molecule has 2 N–H and O–H groups in total. The molecule has 1 aliphatic heterocycles. The predicted octanol–water partition coefficient (Wildman–Crippen LogP) is 0.195. The van der Waals surface area contributed by atoms with Crippen molar-refractivity contribution >= 4 is 5.97 Å². The maximum atomic E-state index is 10.6. The third kappa shape index (κ3) is 3.18. The molecule has 5 nitrogen and oxygen atoms in total. The second kappa shape index (κ2) is 5.16. The number of hydrogen-bond donors (Lipinski definition) is 2. The van der Waals surface area contributed by atoms with Crippen LogP contribution in [0.5, 0.6) is 5.75 Å². The average Bonchev–Trinajstić information content (AvgIpc) is 2.59. The molecule has 1 fully saturated rings. The van der Waals surface area contributed by atoms with Crippen LogP contribution in [0.25, 0.3) is 0 Å². The fourth-order valence-corrected chi connectivity index (χ4v) is 1.94. The maximum Gasteiger partial charge on any atom is 0.317 e. The summed E-state index contributed by atoms with van der Waals surface area (Å²) in [5.41, 5.74) is 0. The Balaban J connectivity index is 1.92. The van der Waals surface area contributed by atoms with E-state index in [0.717, 1.165) is 0 Å². The van der Waals surface area contributed by atoms with Crippen molar-refractivity contribution in [2.45, 2.75) is 12.2 Å². The molecule has 1 saturated heterocycles. The van der Waals surface area contributed by atoms with Gasteiger partial charge in [0.2, 0.25) is 0 Å². The highest BCUT2D eigenvalue weighted by molar-refractivity contribution is 5.69. The van der Waals surface area contributed by atoms with Gasteiger partial charge in [-0.1, -0.05) is 18.2 Å². The molecular formula is C12H15NO4. The van der Waals surface area contributed by atoms with Crippen LogP contribution in [0.2, 0.25) is 0 Å². The number of nitrogens with zero attached hydrogens (tertiary/aromatic N) is 1. The van der Waals surface area contributed by atoms with Crippen molar-refractivity contribution in [3.05, 3.63) is 30.3 Å². The van der Waals surface area contributed by atoms with E-state index in [-0.39, 0.29) is 12.6 Å². The van der Waals surface area contributed by atoms with Gasteiger partial charge in [-0.15, -0.1) is 0 Å². The smallest absolute Gasteiger partial charge is 0.317 e. The van der Waals surface area contributed by atoms with E-state index < -0.39 is 12.1 Å². The summed E-state index contributed by atoms with van der Waals surface area (Å²) in [5, 5.41) is 18.4. The number of para-hydroxylation sites is 1. The Morgan fingerprint density at radius 2 is 2.06 bits per heavy atom. The first kappa shape index (κ1) is 11.9. The Morgan fingerprint density at radius 1 is 1.35 bits per heavy atom. The molecule has 1 aliphatic rings. The van der Waals surface area contributed by atoms with E-state index in [2.05, 4.69) is 0 Å². The average molecular weight is 237 g/mol. The normalized spacial score (nSPS) is 24.8. The number of rotatable bonds is 4. The van der Waals surface area contributed by atoms with Gasteiger partial charge in [0, 0.05) is 13.1 Å². The van der Waals surface area contributed by atoms with Crippen molar-refractivity contribution in [1.29, 1.82) is 0 Å². The van der Waals surface area contributed by atoms with Crippen LogP contribution >= 0.6 is 0 Å². The fourth-order valence-electron chi connectivity index (χ4n) is 1.94. The Bertz CT molecular complexity index is 381. The van der Waals surface area contributed by atoms with E-state index in [1.807, 2.05) is 30.3 Å². The van der Waals surface area contributed by atoms with Crippen LogP contribution in [0, 0.1) is 0 Å². The minimum Gasteiger partial charge on any atom is -0.486 e. The zero-order chi connectivity index (χ0) is 12.3. The highest BCUT2D eigenvalue weighted by Gasteiger charge is 2.33. The molecule has 5 heteroatoms. The van der Waals surface area contributed by atoms with Crippen LogP contribution < -0.4 is 4.74 Å². The third-order valence-corrected chi connectivity index (χ3v) is 2.70. The Kier molecular flexibility index (Phi) is 3.61. The summed E-state index contributed by atoms with van der Waals surface area (Å²) in [6.45, 7) is 0.706. The summed E-state index contributed by atoms with van der Waals surface area (Å²) in [6.07, 6.45) is -1.01. The number of hydrogen-bond acceptors (Lipinski definition) is 4. The van der Waals surface area contributed by atoms with Gasteiger partial charge in [0.25, 0.3) is 0 Å². The number of ether oxygens (including phenoxy) is 1. The van der Waals surface area contributed by atoms with E-state index in [4.69, 9.17) is 9.84 Å². The Morgan fingerprint density at radius 3 is 2.71 bits per heavy atom. The molecule has 1 aromatic carbocycles. The predicted molar refractivity (Wildman–Crippen MR) is 60.9 cm³/mol. The van der Waals surface area contributed by atoms with Gasteiger partial charge in [-0.25, -0.2) is 0 Å². The quantitative estimate of drug-likeness (QED) is 0.782. The first-order chi connectivity index (χ1) is 8.15. The van der Waals surface area contributed by atoms with Crippen LogP contribution in [-0.4, -0.2) is 52.9 Å². The van der Waals surface area contributed by atoms with Crippen molar-refractivity contribution in [2.75, 3.05) is 19.6 Å². The lowest BCUT2D eigenvalue weighted by Crippen LogP contribution is -2.30. The van der Waals surface area contributed by atoms with E-state index in [1.54, 1.807) is 4.90 Å². The summed E-state index contributed by atoms with van der Waals surface area (Å²) in [6, 6.07) is 9.21. The molecule has 0 saturated carbocycles. The molecule has 0 bridgehead atoms. The molecule has 0 aliphatic carbocycles. The molecule has 92 valence electrons. The number of benzene rings is 1. The molecular weight excluding hydrogens is 222 g/mol. The molecule has 2 atom stereocenters. The van der Waals surface area contributed by atoms with Crippen LogP contribution in [0.1, 0.15) is 0 Å². The van der Waals surface area contributed by atoms with Crippen molar-refractivity contribution in [2.24, 2.45) is 0 Å². The van der Waals surface area contributed by atoms with Crippen LogP contribution in [-0.2, 0) is 4.79 Å². The topological polar surface area (TPSA) is 70.0 Å². The van der Waals surface area contributed by atoms with E-state index in [1.165, 1.54) is 0 Å². The summed E-state index contributed by atoms with van der Waals surface area (Å²) < 4.78 is 5.61. The van der Waals surface area contributed by atoms with Gasteiger partial charge in [0.05, 0.1) is 6.54 Å². The standard InChI is InChI=1S/C12H15NO4/c14-10-6-13(8-12(15)16)7-11(10)17-9-4-2-1-3-5-9/h1-5,10-11,14H,6-8H2,(H,15,16)/t10-,11-/m1/s1.